The molecule has 2 aromatic heterocycles. The van der Waals surface area contributed by atoms with Crippen LogP contribution < -0.4 is 11.1 Å². The Hall–Kier alpha value is -2.47. The molecule has 0 aliphatic rings. The molecule has 3 rings (SSSR count). The fraction of sp³-hybridized carbons (Fsp3) is 0. The summed E-state index contributed by atoms with van der Waals surface area (Å²) < 4.78 is 0.949. The first-order chi connectivity index (χ1) is 9.22. The normalized spacial score (nSPS) is 10.5. The number of anilines is 2. The molecule has 0 spiro atoms. The van der Waals surface area contributed by atoms with Crippen molar-refractivity contribution in [2.45, 2.75) is 0 Å². The van der Waals surface area contributed by atoms with Crippen LogP contribution in [0.2, 0.25) is 0 Å². The van der Waals surface area contributed by atoms with Gasteiger partial charge in [0.2, 0.25) is 0 Å². The van der Waals surface area contributed by atoms with Crippen molar-refractivity contribution in [3.63, 3.8) is 0 Å². The number of hydrogen-bond donors (Lipinski definition) is 2. The molecule has 0 saturated carbocycles. The Morgan fingerprint density at radius 3 is 2.79 bits per heavy atom. The Morgan fingerprint density at radius 2 is 2.00 bits per heavy atom. The van der Waals surface area contributed by atoms with Crippen molar-refractivity contribution in [2.75, 3.05) is 11.1 Å². The second-order valence-corrected chi connectivity index (χ2v) is 4.97. The number of pyridine rings is 1. The van der Waals surface area contributed by atoms with Gasteiger partial charge in [0.1, 0.15) is 0 Å². The average molecular weight is 270 g/mol. The van der Waals surface area contributed by atoms with Crippen molar-refractivity contribution in [3.05, 3.63) is 48.3 Å². The number of nitrogen functional groups attached to an aromatic ring is 1. The van der Waals surface area contributed by atoms with E-state index in [1.807, 2.05) is 12.1 Å². The summed E-state index contributed by atoms with van der Waals surface area (Å²) in [5, 5.41) is 3.32. The standard InChI is InChI=1S/C13H10N4OS/c14-9-1-2-10-11(7-9)19-13(16-10)17-12(18)8-3-5-15-6-4-8/h1-7H,14H2,(H,16,17,18). The molecule has 3 N–H and O–H groups in total. The fourth-order valence-corrected chi connectivity index (χ4v) is 2.58. The Morgan fingerprint density at radius 1 is 1.21 bits per heavy atom. The Labute approximate surface area is 113 Å². The average Bonchev–Trinajstić information content (AvgIpc) is 2.81. The van der Waals surface area contributed by atoms with Gasteiger partial charge < -0.3 is 5.73 Å². The quantitative estimate of drug-likeness (QED) is 0.701. The molecule has 0 fully saturated rings. The van der Waals surface area contributed by atoms with E-state index >= 15 is 0 Å². The summed E-state index contributed by atoms with van der Waals surface area (Å²) >= 11 is 1.40. The maximum atomic E-state index is 12.0. The monoisotopic (exact) mass is 270 g/mol. The molecule has 5 nitrogen and oxygen atoms in total. The zero-order valence-electron chi connectivity index (χ0n) is 9.83. The molecule has 6 heteroatoms. The summed E-state index contributed by atoms with van der Waals surface area (Å²) in [6.07, 6.45) is 3.15. The third-order valence-corrected chi connectivity index (χ3v) is 3.51. The van der Waals surface area contributed by atoms with E-state index in [9.17, 15) is 4.79 Å². The second kappa shape index (κ2) is 4.66. The van der Waals surface area contributed by atoms with E-state index in [0.717, 1.165) is 10.2 Å². The largest absolute Gasteiger partial charge is 0.399 e. The van der Waals surface area contributed by atoms with Gasteiger partial charge in [-0.25, -0.2) is 4.98 Å². The molecule has 1 amide bonds. The zero-order valence-corrected chi connectivity index (χ0v) is 10.6. The lowest BCUT2D eigenvalue weighted by molar-refractivity contribution is 0.102. The number of nitrogens with zero attached hydrogens (tertiary/aromatic N) is 2. The van der Waals surface area contributed by atoms with Crippen LogP contribution in [0.4, 0.5) is 10.8 Å². The van der Waals surface area contributed by atoms with E-state index in [4.69, 9.17) is 5.73 Å². The van der Waals surface area contributed by atoms with Gasteiger partial charge in [0.15, 0.2) is 5.13 Å². The van der Waals surface area contributed by atoms with Crippen LogP contribution in [0.3, 0.4) is 0 Å². The number of carbonyl (C=O) groups is 1. The van der Waals surface area contributed by atoms with E-state index in [1.165, 1.54) is 11.3 Å². The minimum absolute atomic E-state index is 0.200. The minimum Gasteiger partial charge on any atom is -0.399 e. The van der Waals surface area contributed by atoms with Crippen LogP contribution in [0, 0.1) is 0 Å². The van der Waals surface area contributed by atoms with Crippen LogP contribution >= 0.6 is 11.3 Å². The minimum atomic E-state index is -0.200. The highest BCUT2D eigenvalue weighted by Gasteiger charge is 2.09. The third kappa shape index (κ3) is 2.38. The van der Waals surface area contributed by atoms with Gasteiger partial charge in [0.05, 0.1) is 10.2 Å². The number of fused-ring (bicyclic) bond motifs is 1. The summed E-state index contributed by atoms with van der Waals surface area (Å²) in [5.41, 5.74) is 7.77. The van der Waals surface area contributed by atoms with Crippen LogP contribution in [0.5, 0.6) is 0 Å². The lowest BCUT2D eigenvalue weighted by Gasteiger charge is -1.99. The van der Waals surface area contributed by atoms with Gasteiger partial charge >= 0.3 is 0 Å². The molecule has 0 radical (unpaired) electrons. The molecule has 2 heterocycles. The van der Waals surface area contributed by atoms with Crippen molar-refractivity contribution in [2.24, 2.45) is 0 Å². The van der Waals surface area contributed by atoms with Gasteiger partial charge in [-0.3, -0.25) is 15.1 Å². The second-order valence-electron chi connectivity index (χ2n) is 3.94. The van der Waals surface area contributed by atoms with Gasteiger partial charge in [0.25, 0.3) is 5.91 Å². The van der Waals surface area contributed by atoms with Crippen molar-refractivity contribution in [3.8, 4) is 0 Å². The summed E-state index contributed by atoms with van der Waals surface area (Å²) in [6.45, 7) is 0. The van der Waals surface area contributed by atoms with Gasteiger partial charge in [0, 0.05) is 23.6 Å². The predicted octanol–water partition coefficient (Wildman–Crippen LogP) is 2.53. The van der Waals surface area contributed by atoms with E-state index in [0.29, 0.717) is 16.4 Å². The number of nitrogens with one attached hydrogen (secondary N) is 1. The van der Waals surface area contributed by atoms with Crippen LogP contribution in [0.1, 0.15) is 10.4 Å². The van der Waals surface area contributed by atoms with Gasteiger partial charge in [-0.1, -0.05) is 11.3 Å². The fourth-order valence-electron chi connectivity index (χ4n) is 1.67. The molecule has 94 valence electrons. The summed E-state index contributed by atoms with van der Waals surface area (Å²) in [7, 11) is 0. The van der Waals surface area contributed by atoms with Crippen molar-refractivity contribution in [1.29, 1.82) is 0 Å². The number of hydrogen-bond acceptors (Lipinski definition) is 5. The smallest absolute Gasteiger partial charge is 0.257 e. The highest BCUT2D eigenvalue weighted by molar-refractivity contribution is 7.22. The van der Waals surface area contributed by atoms with Gasteiger partial charge in [-0.2, -0.15) is 0 Å². The van der Waals surface area contributed by atoms with Crippen LogP contribution in [-0.2, 0) is 0 Å². The summed E-state index contributed by atoms with van der Waals surface area (Å²) in [5.74, 6) is -0.200. The molecule has 0 bridgehead atoms. The number of carbonyl (C=O) groups excluding carboxylic acids is 1. The van der Waals surface area contributed by atoms with Crippen LogP contribution in [-0.4, -0.2) is 15.9 Å². The van der Waals surface area contributed by atoms with Crippen LogP contribution in [0.25, 0.3) is 10.2 Å². The van der Waals surface area contributed by atoms with E-state index < -0.39 is 0 Å². The lowest BCUT2D eigenvalue weighted by Crippen LogP contribution is -2.11. The molecule has 3 aromatic rings. The molecule has 0 aliphatic heterocycles. The van der Waals surface area contributed by atoms with E-state index in [-0.39, 0.29) is 5.91 Å². The number of amides is 1. The Kier molecular flexibility index (Phi) is 2.85. The molecular weight excluding hydrogens is 260 g/mol. The first kappa shape index (κ1) is 11.6. The first-order valence-electron chi connectivity index (χ1n) is 5.60. The molecule has 0 atom stereocenters. The van der Waals surface area contributed by atoms with Gasteiger partial charge in [-0.05, 0) is 30.3 Å². The van der Waals surface area contributed by atoms with Crippen molar-refractivity contribution >= 4 is 38.3 Å². The molecule has 1 aromatic carbocycles. The number of nitrogens with two attached hydrogens (primary N) is 1. The predicted molar refractivity (Wildman–Crippen MR) is 76.2 cm³/mol. The van der Waals surface area contributed by atoms with E-state index in [2.05, 4.69) is 15.3 Å². The summed E-state index contributed by atoms with van der Waals surface area (Å²) in [4.78, 5) is 20.2. The zero-order chi connectivity index (χ0) is 13.2. The Bertz CT molecular complexity index is 739. The van der Waals surface area contributed by atoms with Crippen molar-refractivity contribution < 1.29 is 4.79 Å². The molecule has 0 aliphatic carbocycles. The molecule has 0 saturated heterocycles. The summed E-state index contributed by atoms with van der Waals surface area (Å²) in [6, 6.07) is 8.77. The number of rotatable bonds is 2. The number of thiazole rings is 1. The molecule has 0 unspecified atom stereocenters. The highest BCUT2D eigenvalue weighted by atomic mass is 32.1. The van der Waals surface area contributed by atoms with Gasteiger partial charge in [-0.15, -0.1) is 0 Å². The molecular formula is C13H10N4OS. The Balaban J connectivity index is 1.87. The SMILES string of the molecule is Nc1ccc2nc(NC(=O)c3ccncc3)sc2c1. The first-order valence-corrected chi connectivity index (χ1v) is 6.41. The number of benzene rings is 1. The maximum absolute atomic E-state index is 12.0. The number of aromatic nitrogens is 2. The topological polar surface area (TPSA) is 80.9 Å². The van der Waals surface area contributed by atoms with Crippen molar-refractivity contribution in [1.82, 2.24) is 9.97 Å². The van der Waals surface area contributed by atoms with E-state index in [1.54, 1.807) is 30.6 Å². The third-order valence-electron chi connectivity index (χ3n) is 2.58. The maximum Gasteiger partial charge on any atom is 0.257 e. The highest BCUT2D eigenvalue weighted by Crippen LogP contribution is 2.27. The molecule has 19 heavy (non-hydrogen) atoms. The lowest BCUT2D eigenvalue weighted by atomic mass is 10.2. The van der Waals surface area contributed by atoms with Crippen LogP contribution in [0.15, 0.2) is 42.7 Å².